The zero-order chi connectivity index (χ0) is 19.8. The van der Waals surface area contributed by atoms with Crippen LogP contribution in [0.25, 0.3) is 11.1 Å². The second kappa shape index (κ2) is 7.49. The van der Waals surface area contributed by atoms with Crippen molar-refractivity contribution in [2.75, 3.05) is 19.8 Å². The molecule has 3 saturated carbocycles. The maximum Gasteiger partial charge on any atom is 0.407 e. The summed E-state index contributed by atoms with van der Waals surface area (Å²) < 4.78 is 5.67. The second-order valence-electron chi connectivity index (χ2n) is 9.12. The number of rotatable bonds is 5. The first-order chi connectivity index (χ1) is 14.2. The Morgan fingerprint density at radius 2 is 1.62 bits per heavy atom. The number of hydrogen-bond donors (Lipinski definition) is 2. The van der Waals surface area contributed by atoms with Gasteiger partial charge in [0, 0.05) is 17.9 Å². The van der Waals surface area contributed by atoms with E-state index < -0.39 is 0 Å². The summed E-state index contributed by atoms with van der Waals surface area (Å²) in [6.45, 7) is 0.997. The highest BCUT2D eigenvalue weighted by molar-refractivity contribution is 5.79. The zero-order valence-corrected chi connectivity index (χ0v) is 16.8. The maximum atomic E-state index is 12.5. The molecule has 4 heteroatoms. The Bertz CT molecular complexity index is 857. The summed E-state index contributed by atoms with van der Waals surface area (Å²) in [4.78, 5) is 12.5. The Kier molecular flexibility index (Phi) is 4.83. The van der Waals surface area contributed by atoms with Gasteiger partial charge in [0.15, 0.2) is 0 Å². The van der Waals surface area contributed by atoms with Crippen molar-refractivity contribution >= 4 is 6.09 Å². The standard InChI is InChI=1S/C25H29NO3/c27-16-25(13-17-9-11-18(25)12-10-17)15-26-24(28)29-14-23-21-7-3-1-5-19(21)20-6-2-4-8-22(20)23/h1-8,17-18,23,27H,9-16H2,(H,26,28). The lowest BCUT2D eigenvalue weighted by atomic mass is 9.56. The summed E-state index contributed by atoms with van der Waals surface area (Å²) in [5.41, 5.74) is 4.74. The monoisotopic (exact) mass is 391 g/mol. The van der Waals surface area contributed by atoms with E-state index in [9.17, 15) is 9.90 Å². The van der Waals surface area contributed by atoms with Crippen molar-refractivity contribution in [2.24, 2.45) is 17.3 Å². The van der Waals surface area contributed by atoms with Crippen LogP contribution >= 0.6 is 0 Å². The minimum atomic E-state index is -0.374. The van der Waals surface area contributed by atoms with Crippen LogP contribution in [0.5, 0.6) is 0 Å². The number of carbonyl (C=O) groups excluding carboxylic acids is 1. The van der Waals surface area contributed by atoms with Crippen molar-refractivity contribution in [1.82, 2.24) is 5.32 Å². The fourth-order valence-corrected chi connectivity index (χ4v) is 6.08. The Morgan fingerprint density at radius 1 is 1.00 bits per heavy atom. The van der Waals surface area contributed by atoms with E-state index in [0.717, 1.165) is 6.42 Å². The molecule has 0 spiro atoms. The highest BCUT2D eigenvalue weighted by Gasteiger charge is 2.47. The highest BCUT2D eigenvalue weighted by atomic mass is 16.5. The van der Waals surface area contributed by atoms with Crippen LogP contribution in [0.1, 0.15) is 49.1 Å². The molecular formula is C25H29NO3. The Hall–Kier alpha value is -2.33. The fourth-order valence-electron chi connectivity index (χ4n) is 6.08. The molecular weight excluding hydrogens is 362 g/mol. The molecule has 29 heavy (non-hydrogen) atoms. The molecule has 0 saturated heterocycles. The molecule has 2 aromatic rings. The van der Waals surface area contributed by atoms with Crippen LogP contribution in [0.4, 0.5) is 4.79 Å². The van der Waals surface area contributed by atoms with Crippen molar-refractivity contribution in [3.63, 3.8) is 0 Å². The van der Waals surface area contributed by atoms with Gasteiger partial charge in [0.25, 0.3) is 0 Å². The normalized spacial score (nSPS) is 27.3. The molecule has 2 N–H and O–H groups in total. The van der Waals surface area contributed by atoms with Gasteiger partial charge in [-0.1, -0.05) is 61.4 Å². The molecule has 152 valence electrons. The minimum Gasteiger partial charge on any atom is -0.449 e. The quantitative estimate of drug-likeness (QED) is 0.776. The summed E-state index contributed by atoms with van der Waals surface area (Å²) in [5, 5.41) is 13.1. The van der Waals surface area contributed by atoms with E-state index in [1.165, 1.54) is 47.9 Å². The number of aliphatic hydroxyl groups excluding tert-OH is 1. The van der Waals surface area contributed by atoms with E-state index in [4.69, 9.17) is 4.74 Å². The van der Waals surface area contributed by atoms with Gasteiger partial charge in [-0.25, -0.2) is 4.79 Å². The molecule has 0 aliphatic heterocycles. The summed E-state index contributed by atoms with van der Waals surface area (Å²) in [6.07, 6.45) is 5.56. The number of fused-ring (bicyclic) bond motifs is 6. The predicted octanol–water partition coefficient (Wildman–Crippen LogP) is 4.71. The van der Waals surface area contributed by atoms with Crippen molar-refractivity contribution in [2.45, 2.75) is 38.0 Å². The number of carbonyl (C=O) groups is 1. The lowest BCUT2D eigenvalue weighted by Gasteiger charge is -2.51. The van der Waals surface area contributed by atoms with E-state index in [1.807, 2.05) is 12.1 Å². The third kappa shape index (κ3) is 3.24. The van der Waals surface area contributed by atoms with Gasteiger partial charge in [0.05, 0.1) is 6.61 Å². The Labute approximate surface area is 172 Å². The average molecular weight is 392 g/mol. The van der Waals surface area contributed by atoms with Crippen molar-refractivity contribution in [3.05, 3.63) is 59.7 Å². The van der Waals surface area contributed by atoms with Gasteiger partial charge in [-0.15, -0.1) is 0 Å². The molecule has 4 nitrogen and oxygen atoms in total. The SMILES string of the molecule is O=C(NCC1(CO)CC2CCC1CC2)OCC1c2ccccc2-c2ccccc21. The van der Waals surface area contributed by atoms with Crippen LogP contribution in [0, 0.1) is 17.3 Å². The average Bonchev–Trinajstić information content (AvgIpc) is 3.11. The van der Waals surface area contributed by atoms with Crippen molar-refractivity contribution in [3.8, 4) is 11.1 Å². The molecule has 2 aromatic carbocycles. The summed E-state index contributed by atoms with van der Waals surface area (Å²) >= 11 is 0. The third-order valence-corrected chi connectivity index (χ3v) is 7.65. The van der Waals surface area contributed by atoms with Crippen LogP contribution in [-0.2, 0) is 4.74 Å². The first kappa shape index (κ1) is 18.7. The first-order valence-corrected chi connectivity index (χ1v) is 10.9. The minimum absolute atomic E-state index is 0.0747. The number of amides is 1. The molecule has 0 heterocycles. The Morgan fingerprint density at radius 3 is 2.17 bits per heavy atom. The molecule has 1 unspecified atom stereocenters. The summed E-state index contributed by atoms with van der Waals surface area (Å²) in [7, 11) is 0. The smallest absolute Gasteiger partial charge is 0.407 e. The summed E-state index contributed by atoms with van der Waals surface area (Å²) in [6, 6.07) is 16.7. The number of hydrogen-bond acceptors (Lipinski definition) is 3. The first-order valence-electron chi connectivity index (χ1n) is 10.9. The highest BCUT2D eigenvalue weighted by Crippen LogP contribution is 2.52. The molecule has 4 aliphatic carbocycles. The number of nitrogens with one attached hydrogen (secondary N) is 1. The van der Waals surface area contributed by atoms with Gasteiger partial charge in [-0.3, -0.25) is 0 Å². The van der Waals surface area contributed by atoms with Crippen LogP contribution in [0.3, 0.4) is 0 Å². The van der Waals surface area contributed by atoms with Gasteiger partial charge in [0.2, 0.25) is 0 Å². The number of benzene rings is 2. The van der Waals surface area contributed by atoms with Gasteiger partial charge >= 0.3 is 6.09 Å². The van der Waals surface area contributed by atoms with Gasteiger partial charge in [-0.2, -0.15) is 0 Å². The molecule has 4 aliphatic rings. The largest absolute Gasteiger partial charge is 0.449 e. The van der Waals surface area contributed by atoms with Crippen LogP contribution in [-0.4, -0.2) is 31.0 Å². The van der Waals surface area contributed by atoms with E-state index in [1.54, 1.807) is 0 Å². The molecule has 1 amide bonds. The Balaban J connectivity index is 1.24. The number of ether oxygens (including phenoxy) is 1. The molecule has 6 rings (SSSR count). The zero-order valence-electron chi connectivity index (χ0n) is 16.8. The topological polar surface area (TPSA) is 58.6 Å². The molecule has 3 fully saturated rings. The number of aliphatic hydroxyl groups is 1. The molecule has 0 aromatic heterocycles. The predicted molar refractivity (Wildman–Crippen MR) is 113 cm³/mol. The van der Waals surface area contributed by atoms with E-state index in [2.05, 4.69) is 41.7 Å². The lowest BCUT2D eigenvalue weighted by Crippen LogP contribution is -2.51. The summed E-state index contributed by atoms with van der Waals surface area (Å²) in [5.74, 6) is 1.30. The van der Waals surface area contributed by atoms with Gasteiger partial charge < -0.3 is 15.2 Å². The lowest BCUT2D eigenvalue weighted by molar-refractivity contribution is -0.0388. The van der Waals surface area contributed by atoms with E-state index in [-0.39, 0.29) is 24.0 Å². The molecule has 2 bridgehead atoms. The van der Waals surface area contributed by atoms with E-state index >= 15 is 0 Å². The molecule has 0 radical (unpaired) electrons. The third-order valence-electron chi connectivity index (χ3n) is 7.65. The number of alkyl carbamates (subject to hydrolysis) is 1. The van der Waals surface area contributed by atoms with Crippen LogP contribution in [0.2, 0.25) is 0 Å². The van der Waals surface area contributed by atoms with Gasteiger partial charge in [-0.05, 0) is 53.4 Å². The fraction of sp³-hybridized carbons (Fsp3) is 0.480. The second-order valence-corrected chi connectivity index (χ2v) is 9.12. The van der Waals surface area contributed by atoms with Crippen molar-refractivity contribution in [1.29, 1.82) is 0 Å². The van der Waals surface area contributed by atoms with Gasteiger partial charge in [0.1, 0.15) is 6.61 Å². The van der Waals surface area contributed by atoms with E-state index in [0.29, 0.717) is 25.0 Å². The van der Waals surface area contributed by atoms with Crippen molar-refractivity contribution < 1.29 is 14.6 Å². The maximum absolute atomic E-state index is 12.5. The molecule has 1 atom stereocenters. The van der Waals surface area contributed by atoms with Crippen LogP contribution in [0.15, 0.2) is 48.5 Å². The van der Waals surface area contributed by atoms with Crippen LogP contribution < -0.4 is 5.32 Å².